The summed E-state index contributed by atoms with van der Waals surface area (Å²) >= 11 is 0. The summed E-state index contributed by atoms with van der Waals surface area (Å²) in [6, 6.07) is 3.54. The number of aromatic nitrogens is 2. The Morgan fingerprint density at radius 2 is 2.21 bits per heavy atom. The predicted octanol–water partition coefficient (Wildman–Crippen LogP) is 1.82. The van der Waals surface area contributed by atoms with Gasteiger partial charge in [-0.15, -0.1) is 0 Å². The monoisotopic (exact) mass is 262 g/mol. The van der Waals surface area contributed by atoms with Gasteiger partial charge >= 0.3 is 0 Å². The van der Waals surface area contributed by atoms with Gasteiger partial charge in [-0.3, -0.25) is 4.68 Å². The second-order valence-electron chi connectivity index (χ2n) is 6.08. The summed E-state index contributed by atoms with van der Waals surface area (Å²) in [6.45, 7) is 2.17. The first-order valence-corrected chi connectivity index (χ1v) is 7.78. The third kappa shape index (κ3) is 3.00. The second-order valence-corrected chi connectivity index (χ2v) is 6.08. The molecule has 3 rings (SSSR count). The van der Waals surface area contributed by atoms with Crippen molar-refractivity contribution in [1.82, 2.24) is 20.4 Å². The highest BCUT2D eigenvalue weighted by molar-refractivity contribution is 5.00. The minimum atomic E-state index is 0.680. The molecule has 0 spiro atoms. The van der Waals surface area contributed by atoms with E-state index in [1.54, 1.807) is 0 Å². The zero-order valence-corrected chi connectivity index (χ0v) is 11.9. The molecule has 1 aliphatic heterocycles. The van der Waals surface area contributed by atoms with Crippen LogP contribution in [0, 0.1) is 5.92 Å². The lowest BCUT2D eigenvalue weighted by molar-refractivity contribution is 0.212. The summed E-state index contributed by atoms with van der Waals surface area (Å²) in [5.41, 5.74) is 1.28. The van der Waals surface area contributed by atoms with Crippen molar-refractivity contribution >= 4 is 0 Å². The molecule has 0 aromatic carbocycles. The van der Waals surface area contributed by atoms with Gasteiger partial charge in [0.05, 0.1) is 5.69 Å². The number of aryl methyl sites for hydroxylation is 1. The lowest BCUT2D eigenvalue weighted by atomic mass is 9.79. The molecule has 19 heavy (non-hydrogen) atoms. The molecule has 0 amide bonds. The summed E-state index contributed by atoms with van der Waals surface area (Å²) < 4.78 is 1.97. The molecule has 3 atom stereocenters. The quantitative estimate of drug-likeness (QED) is 0.870. The van der Waals surface area contributed by atoms with E-state index in [9.17, 15) is 0 Å². The third-order valence-electron chi connectivity index (χ3n) is 4.90. The fourth-order valence-corrected chi connectivity index (χ4v) is 3.78. The number of nitrogens with zero attached hydrogens (tertiary/aromatic N) is 2. The Hall–Kier alpha value is -0.870. The average molecular weight is 262 g/mol. The van der Waals surface area contributed by atoms with Crippen molar-refractivity contribution in [1.29, 1.82) is 0 Å². The smallest absolute Gasteiger partial charge is 0.0518 e. The molecule has 1 saturated carbocycles. The van der Waals surface area contributed by atoms with Crippen molar-refractivity contribution in [2.75, 3.05) is 6.54 Å². The van der Waals surface area contributed by atoms with Crippen LogP contribution in [0.25, 0.3) is 0 Å². The molecule has 1 aliphatic carbocycles. The standard InChI is InChI=1S/C15H26N4/c1-19-12(8-10-18-19)11-17-15-6-3-2-5-13(15)14-7-4-9-16-14/h8,10,13-17H,2-7,9,11H2,1H3. The highest BCUT2D eigenvalue weighted by atomic mass is 15.3. The maximum absolute atomic E-state index is 4.24. The Kier molecular flexibility index (Phi) is 4.18. The topological polar surface area (TPSA) is 41.9 Å². The van der Waals surface area contributed by atoms with E-state index in [0.717, 1.165) is 18.5 Å². The van der Waals surface area contributed by atoms with Crippen molar-refractivity contribution < 1.29 is 0 Å². The van der Waals surface area contributed by atoms with E-state index in [1.165, 1.54) is 50.8 Å². The van der Waals surface area contributed by atoms with Crippen molar-refractivity contribution in [3.05, 3.63) is 18.0 Å². The van der Waals surface area contributed by atoms with Gasteiger partial charge in [0.25, 0.3) is 0 Å². The van der Waals surface area contributed by atoms with E-state index >= 15 is 0 Å². The molecule has 3 unspecified atom stereocenters. The van der Waals surface area contributed by atoms with Gasteiger partial charge in [-0.1, -0.05) is 12.8 Å². The number of nitrogens with one attached hydrogen (secondary N) is 2. The summed E-state index contributed by atoms with van der Waals surface area (Å²) in [6.07, 6.45) is 10.1. The number of hydrogen-bond donors (Lipinski definition) is 2. The van der Waals surface area contributed by atoms with E-state index in [-0.39, 0.29) is 0 Å². The zero-order chi connectivity index (χ0) is 13.1. The Balaban J connectivity index is 1.59. The Bertz CT molecular complexity index is 395. The summed E-state index contributed by atoms with van der Waals surface area (Å²) in [4.78, 5) is 0. The molecule has 2 fully saturated rings. The minimum absolute atomic E-state index is 0.680. The normalized spacial score (nSPS) is 31.7. The minimum Gasteiger partial charge on any atom is -0.314 e. The largest absolute Gasteiger partial charge is 0.314 e. The highest BCUT2D eigenvalue weighted by Gasteiger charge is 2.32. The highest BCUT2D eigenvalue weighted by Crippen LogP contribution is 2.30. The van der Waals surface area contributed by atoms with Crippen LogP contribution in [0.1, 0.15) is 44.2 Å². The lowest BCUT2D eigenvalue weighted by Crippen LogP contribution is -2.46. The average Bonchev–Trinajstić information content (AvgIpc) is 3.08. The first kappa shape index (κ1) is 13.1. The summed E-state index contributed by atoms with van der Waals surface area (Å²) in [7, 11) is 2.02. The number of rotatable bonds is 4. The van der Waals surface area contributed by atoms with E-state index in [4.69, 9.17) is 0 Å². The molecule has 2 N–H and O–H groups in total. The number of hydrogen-bond acceptors (Lipinski definition) is 3. The first-order chi connectivity index (χ1) is 9.34. The van der Waals surface area contributed by atoms with Crippen molar-refractivity contribution in [3.63, 3.8) is 0 Å². The molecular formula is C15H26N4. The van der Waals surface area contributed by atoms with Crippen LogP contribution >= 0.6 is 0 Å². The van der Waals surface area contributed by atoms with Crippen LogP contribution in [0.2, 0.25) is 0 Å². The van der Waals surface area contributed by atoms with Crippen LogP contribution in [0.3, 0.4) is 0 Å². The lowest BCUT2D eigenvalue weighted by Gasteiger charge is -2.36. The molecule has 0 bridgehead atoms. The SMILES string of the molecule is Cn1nccc1CNC1CCCCC1C1CCCN1. The molecule has 2 heterocycles. The summed E-state index contributed by atoms with van der Waals surface area (Å²) in [5, 5.41) is 11.7. The van der Waals surface area contributed by atoms with E-state index in [0.29, 0.717) is 6.04 Å². The Labute approximate surface area is 116 Å². The maximum atomic E-state index is 4.24. The van der Waals surface area contributed by atoms with Gasteiger partial charge in [0.15, 0.2) is 0 Å². The molecule has 1 aromatic rings. The van der Waals surface area contributed by atoms with Gasteiger partial charge in [0, 0.05) is 31.9 Å². The van der Waals surface area contributed by atoms with Gasteiger partial charge in [0.1, 0.15) is 0 Å². The van der Waals surface area contributed by atoms with Crippen LogP contribution in [-0.2, 0) is 13.6 Å². The molecule has 1 aromatic heterocycles. The molecular weight excluding hydrogens is 236 g/mol. The van der Waals surface area contributed by atoms with E-state index < -0.39 is 0 Å². The summed E-state index contributed by atoms with van der Waals surface area (Å²) in [5.74, 6) is 0.824. The fraction of sp³-hybridized carbons (Fsp3) is 0.800. The van der Waals surface area contributed by atoms with Crippen LogP contribution in [0.15, 0.2) is 12.3 Å². The Morgan fingerprint density at radius 1 is 1.32 bits per heavy atom. The van der Waals surface area contributed by atoms with Gasteiger partial charge in [0.2, 0.25) is 0 Å². The maximum Gasteiger partial charge on any atom is 0.0518 e. The third-order valence-corrected chi connectivity index (χ3v) is 4.90. The predicted molar refractivity (Wildman–Crippen MR) is 76.8 cm³/mol. The van der Waals surface area contributed by atoms with Gasteiger partial charge in [-0.25, -0.2) is 0 Å². The van der Waals surface area contributed by atoms with Crippen LogP contribution in [0.5, 0.6) is 0 Å². The molecule has 106 valence electrons. The van der Waals surface area contributed by atoms with Crippen molar-refractivity contribution in [3.8, 4) is 0 Å². The van der Waals surface area contributed by atoms with Crippen molar-refractivity contribution in [2.24, 2.45) is 13.0 Å². The van der Waals surface area contributed by atoms with Crippen LogP contribution < -0.4 is 10.6 Å². The molecule has 2 aliphatic rings. The molecule has 4 heteroatoms. The van der Waals surface area contributed by atoms with Gasteiger partial charge in [-0.05, 0) is 44.2 Å². The molecule has 0 radical (unpaired) electrons. The first-order valence-electron chi connectivity index (χ1n) is 7.78. The van der Waals surface area contributed by atoms with Crippen molar-refractivity contribution in [2.45, 2.75) is 57.2 Å². The van der Waals surface area contributed by atoms with Gasteiger partial charge < -0.3 is 10.6 Å². The fourth-order valence-electron chi connectivity index (χ4n) is 3.78. The van der Waals surface area contributed by atoms with E-state index in [1.807, 2.05) is 17.9 Å². The van der Waals surface area contributed by atoms with E-state index in [2.05, 4.69) is 21.8 Å². The van der Waals surface area contributed by atoms with Crippen LogP contribution in [-0.4, -0.2) is 28.4 Å². The Morgan fingerprint density at radius 3 is 2.95 bits per heavy atom. The molecule has 4 nitrogen and oxygen atoms in total. The molecule has 1 saturated heterocycles. The van der Waals surface area contributed by atoms with Crippen LogP contribution in [0.4, 0.5) is 0 Å². The second kappa shape index (κ2) is 6.06. The van der Waals surface area contributed by atoms with Gasteiger partial charge in [-0.2, -0.15) is 5.10 Å². The zero-order valence-electron chi connectivity index (χ0n) is 11.9.